The van der Waals surface area contributed by atoms with Crippen molar-refractivity contribution in [2.24, 2.45) is 0 Å². The van der Waals surface area contributed by atoms with Crippen LogP contribution in [0.5, 0.6) is 5.75 Å². The highest BCUT2D eigenvalue weighted by Crippen LogP contribution is 2.40. The average molecular weight is 511 g/mol. The summed E-state index contributed by atoms with van der Waals surface area (Å²) in [5, 5.41) is 14.1. The summed E-state index contributed by atoms with van der Waals surface area (Å²) in [6.07, 6.45) is 17.4. The number of allylic oxidation sites excluding steroid dienone is 2. The zero-order chi connectivity index (χ0) is 26.4. The minimum Gasteiger partial charge on any atom is -0.497 e. The van der Waals surface area contributed by atoms with Crippen molar-refractivity contribution < 1.29 is 19.4 Å². The van der Waals surface area contributed by atoms with Gasteiger partial charge in [0.25, 0.3) is 0 Å². The first-order valence-corrected chi connectivity index (χ1v) is 13.3. The molecule has 1 fully saturated rings. The number of rotatable bonds is 9. The molecule has 1 aromatic heterocycles. The Kier molecular flexibility index (Phi) is 7.89. The minimum atomic E-state index is -0.986. The lowest BCUT2D eigenvalue weighted by Gasteiger charge is -2.35. The fourth-order valence-electron chi connectivity index (χ4n) is 5.45. The Morgan fingerprint density at radius 2 is 1.89 bits per heavy atom. The van der Waals surface area contributed by atoms with Crippen LogP contribution in [0.2, 0.25) is 0 Å². The van der Waals surface area contributed by atoms with Gasteiger partial charge in [0.15, 0.2) is 0 Å². The molecular weight excluding hydrogens is 476 g/mol. The zero-order valence-electron chi connectivity index (χ0n) is 21.8. The van der Waals surface area contributed by atoms with Crippen molar-refractivity contribution in [3.63, 3.8) is 0 Å². The highest BCUT2D eigenvalue weighted by Gasteiger charge is 2.36. The van der Waals surface area contributed by atoms with Gasteiger partial charge in [-0.2, -0.15) is 5.10 Å². The topological polar surface area (TPSA) is 73.6 Å². The van der Waals surface area contributed by atoms with Gasteiger partial charge in [0, 0.05) is 12.5 Å². The highest BCUT2D eigenvalue weighted by atomic mass is 16.5. The van der Waals surface area contributed by atoms with E-state index in [1.165, 1.54) is 19.3 Å². The second-order valence-corrected chi connectivity index (χ2v) is 9.92. The number of methoxy groups -OCH3 is 1. The van der Waals surface area contributed by atoms with Crippen molar-refractivity contribution in [3.05, 3.63) is 102 Å². The second-order valence-electron chi connectivity index (χ2n) is 9.92. The minimum absolute atomic E-state index is 0.275. The van der Waals surface area contributed by atoms with Crippen LogP contribution in [0.4, 0.5) is 0 Å². The molecule has 1 N–H and O–H groups in total. The van der Waals surface area contributed by atoms with Crippen LogP contribution in [0.25, 0.3) is 17.2 Å². The maximum absolute atomic E-state index is 11.2. The molecule has 38 heavy (non-hydrogen) atoms. The maximum Gasteiger partial charge on any atom is 0.328 e. The Morgan fingerprint density at radius 3 is 2.61 bits per heavy atom. The van der Waals surface area contributed by atoms with Crippen LogP contribution in [0.1, 0.15) is 61.5 Å². The zero-order valence-corrected chi connectivity index (χ0v) is 21.8. The van der Waals surface area contributed by atoms with E-state index in [2.05, 4.69) is 41.1 Å². The van der Waals surface area contributed by atoms with Gasteiger partial charge in [-0.15, -0.1) is 0 Å². The number of nitrogens with zero attached hydrogens (tertiary/aromatic N) is 2. The van der Waals surface area contributed by atoms with Gasteiger partial charge >= 0.3 is 5.97 Å². The van der Waals surface area contributed by atoms with Crippen molar-refractivity contribution in [2.75, 3.05) is 7.11 Å². The lowest BCUT2D eigenvalue weighted by atomic mass is 9.89. The third-order valence-electron chi connectivity index (χ3n) is 7.44. The number of carboxylic acid groups (broad SMARTS) is 1. The van der Waals surface area contributed by atoms with E-state index in [1.807, 2.05) is 42.5 Å². The number of carboxylic acids is 1. The molecule has 3 aromatic rings. The van der Waals surface area contributed by atoms with Crippen LogP contribution < -0.4 is 4.74 Å². The van der Waals surface area contributed by atoms with E-state index in [4.69, 9.17) is 14.6 Å². The normalized spacial score (nSPS) is 19.7. The van der Waals surface area contributed by atoms with Gasteiger partial charge < -0.3 is 14.6 Å². The summed E-state index contributed by atoms with van der Waals surface area (Å²) in [5.41, 5.74) is 4.21. The quantitative estimate of drug-likeness (QED) is 0.311. The molecule has 0 radical (unpaired) electrons. The number of aliphatic carboxylic acids is 1. The molecule has 2 aliphatic carbocycles. The molecule has 1 heterocycles. The summed E-state index contributed by atoms with van der Waals surface area (Å²) in [5.74, 6) is -0.162. The van der Waals surface area contributed by atoms with E-state index >= 15 is 0 Å². The van der Waals surface area contributed by atoms with Crippen molar-refractivity contribution in [2.45, 2.75) is 56.8 Å². The Bertz CT molecular complexity index is 1350. The lowest BCUT2D eigenvalue weighted by Crippen LogP contribution is -2.33. The first-order valence-electron chi connectivity index (χ1n) is 13.3. The molecule has 0 spiro atoms. The molecule has 6 heteroatoms. The molecule has 2 aromatic carbocycles. The first kappa shape index (κ1) is 25.7. The van der Waals surface area contributed by atoms with Crippen molar-refractivity contribution in [3.8, 4) is 16.9 Å². The molecular formula is C32H34N2O4. The van der Waals surface area contributed by atoms with Gasteiger partial charge in [0.2, 0.25) is 0 Å². The fourth-order valence-corrected chi connectivity index (χ4v) is 5.45. The number of hydrogen-bond acceptors (Lipinski definition) is 4. The summed E-state index contributed by atoms with van der Waals surface area (Å²) in [4.78, 5) is 11.2. The van der Waals surface area contributed by atoms with E-state index in [0.717, 1.165) is 47.1 Å². The molecule has 0 amide bonds. The van der Waals surface area contributed by atoms with Gasteiger partial charge in [-0.05, 0) is 59.9 Å². The van der Waals surface area contributed by atoms with Crippen LogP contribution in [-0.2, 0) is 21.7 Å². The summed E-state index contributed by atoms with van der Waals surface area (Å²) in [6, 6.07) is 18.6. The molecule has 6 nitrogen and oxygen atoms in total. The number of ether oxygens (including phenoxy) is 2. The molecule has 196 valence electrons. The number of aromatic nitrogens is 2. The number of benzene rings is 2. The summed E-state index contributed by atoms with van der Waals surface area (Å²) in [6.45, 7) is 0.413. The monoisotopic (exact) mass is 510 g/mol. The first-order chi connectivity index (χ1) is 18.6. The molecule has 1 saturated carbocycles. The lowest BCUT2D eigenvalue weighted by molar-refractivity contribution is -0.131. The van der Waals surface area contributed by atoms with E-state index < -0.39 is 11.6 Å². The van der Waals surface area contributed by atoms with Crippen molar-refractivity contribution >= 4 is 12.0 Å². The molecule has 1 unspecified atom stereocenters. The van der Waals surface area contributed by atoms with Gasteiger partial charge in [-0.1, -0.05) is 73.9 Å². The predicted octanol–water partition coefficient (Wildman–Crippen LogP) is 7.09. The largest absolute Gasteiger partial charge is 0.497 e. The van der Waals surface area contributed by atoms with Crippen LogP contribution in [0.15, 0.2) is 85.0 Å². The van der Waals surface area contributed by atoms with Crippen LogP contribution in [0.3, 0.4) is 0 Å². The van der Waals surface area contributed by atoms with E-state index in [1.54, 1.807) is 13.2 Å². The Hall–Kier alpha value is -3.90. The van der Waals surface area contributed by atoms with Gasteiger partial charge in [-0.3, -0.25) is 4.68 Å². The van der Waals surface area contributed by atoms with E-state index in [-0.39, 0.29) is 6.04 Å². The second kappa shape index (κ2) is 11.7. The summed E-state index contributed by atoms with van der Waals surface area (Å²) < 4.78 is 14.3. The van der Waals surface area contributed by atoms with Crippen molar-refractivity contribution in [1.82, 2.24) is 9.78 Å². The number of hydrogen-bond donors (Lipinski definition) is 1. The molecule has 2 aliphatic rings. The van der Waals surface area contributed by atoms with Gasteiger partial charge in [-0.25, -0.2) is 4.79 Å². The van der Waals surface area contributed by atoms with Crippen molar-refractivity contribution in [1.29, 1.82) is 0 Å². The Labute approximate surface area is 223 Å². The Morgan fingerprint density at radius 1 is 1.11 bits per heavy atom. The fraction of sp³-hybridized carbons (Fsp3) is 0.312. The molecule has 5 rings (SSSR count). The molecule has 0 aliphatic heterocycles. The average Bonchev–Trinajstić information content (AvgIpc) is 3.41. The third-order valence-corrected chi connectivity index (χ3v) is 7.44. The predicted molar refractivity (Wildman–Crippen MR) is 149 cm³/mol. The standard InChI is InChI=1S/C32H34N2O4/c1-37-28-17-14-24(15-18-28)29-13-7-6-10-25(29)23-38-32(20-8-3-9-21-32)30-22-26(16-19-31(35)36)33-34(30)27-11-4-2-5-12-27/h3,6-10,13-20,22,27H,2,4-5,11-12,21,23H2,1H3,(H,35,36)/b19-16+. The van der Waals surface area contributed by atoms with Crippen LogP contribution in [-0.4, -0.2) is 28.0 Å². The van der Waals surface area contributed by atoms with E-state index in [9.17, 15) is 9.90 Å². The SMILES string of the molecule is COc1ccc(-c2ccccc2COC2(c3cc(/C=C/C(=O)O)nn3C3CCCCC3)C=CC=CC2)cc1. The molecule has 0 saturated heterocycles. The smallest absolute Gasteiger partial charge is 0.328 e. The highest BCUT2D eigenvalue weighted by molar-refractivity contribution is 5.84. The summed E-state index contributed by atoms with van der Waals surface area (Å²) in [7, 11) is 1.67. The molecule has 0 bridgehead atoms. The van der Waals surface area contributed by atoms with Gasteiger partial charge in [0.05, 0.1) is 31.1 Å². The summed E-state index contributed by atoms with van der Waals surface area (Å²) >= 11 is 0. The molecule has 1 atom stereocenters. The number of carbonyl (C=O) groups is 1. The van der Waals surface area contributed by atoms with Crippen LogP contribution in [0, 0.1) is 0 Å². The van der Waals surface area contributed by atoms with E-state index in [0.29, 0.717) is 18.7 Å². The Balaban J connectivity index is 1.50. The van der Waals surface area contributed by atoms with Crippen LogP contribution >= 0.6 is 0 Å². The third kappa shape index (κ3) is 5.65. The van der Waals surface area contributed by atoms with Gasteiger partial charge in [0.1, 0.15) is 11.4 Å². The maximum atomic E-state index is 11.2.